The Morgan fingerprint density at radius 3 is 2.58 bits per heavy atom. The molecule has 2 aromatic rings. The number of hydrogen-bond acceptors (Lipinski definition) is 4. The van der Waals surface area contributed by atoms with E-state index in [4.69, 9.17) is 25.5 Å². The molecule has 1 aliphatic rings. The maximum absolute atomic E-state index is 10.3. The summed E-state index contributed by atoms with van der Waals surface area (Å²) in [5.74, 6) is 1.23. The van der Waals surface area contributed by atoms with Gasteiger partial charge in [-0.3, -0.25) is 0 Å². The van der Waals surface area contributed by atoms with Crippen LogP contribution in [0.2, 0.25) is 5.02 Å². The highest BCUT2D eigenvalue weighted by atomic mass is 35.5. The van der Waals surface area contributed by atoms with E-state index < -0.39 is 6.10 Å². The Labute approximate surface area is 115 Å². The standard InChI is InChI=1S/C14H13ClO4/c15-11-7-13-12(18-3-1-4-19-13)6-10(11)14(16)9-2-5-17-8-9/h2,5-8,14,16H,1,3-4H2. The molecule has 0 aliphatic carbocycles. The van der Waals surface area contributed by atoms with Crippen LogP contribution in [0.25, 0.3) is 0 Å². The zero-order chi connectivity index (χ0) is 13.2. The van der Waals surface area contributed by atoms with Crippen LogP contribution in [0.4, 0.5) is 0 Å². The van der Waals surface area contributed by atoms with Crippen molar-refractivity contribution in [3.05, 3.63) is 46.9 Å². The van der Waals surface area contributed by atoms with E-state index in [1.807, 2.05) is 0 Å². The zero-order valence-corrected chi connectivity index (χ0v) is 10.9. The number of halogens is 1. The lowest BCUT2D eigenvalue weighted by Crippen LogP contribution is -2.01. The van der Waals surface area contributed by atoms with Crippen LogP contribution in [0.3, 0.4) is 0 Å². The smallest absolute Gasteiger partial charge is 0.162 e. The monoisotopic (exact) mass is 280 g/mol. The van der Waals surface area contributed by atoms with E-state index in [1.54, 1.807) is 18.2 Å². The van der Waals surface area contributed by atoms with Gasteiger partial charge in [0, 0.05) is 23.6 Å². The molecule has 1 unspecified atom stereocenters. The summed E-state index contributed by atoms with van der Waals surface area (Å²) in [5.41, 5.74) is 1.23. The molecule has 0 amide bonds. The fourth-order valence-corrected chi connectivity index (χ4v) is 2.28. The van der Waals surface area contributed by atoms with Crippen molar-refractivity contribution in [2.45, 2.75) is 12.5 Å². The highest BCUT2D eigenvalue weighted by molar-refractivity contribution is 6.31. The number of aliphatic hydroxyl groups excluding tert-OH is 1. The molecular weight excluding hydrogens is 268 g/mol. The number of furan rings is 1. The zero-order valence-electron chi connectivity index (χ0n) is 10.1. The molecule has 0 spiro atoms. The Bertz CT molecular complexity index is 565. The normalized spacial score (nSPS) is 15.9. The molecule has 100 valence electrons. The minimum atomic E-state index is -0.844. The molecule has 0 fully saturated rings. The highest BCUT2D eigenvalue weighted by Crippen LogP contribution is 2.39. The summed E-state index contributed by atoms with van der Waals surface area (Å²) in [5, 5.41) is 10.7. The predicted molar refractivity (Wildman–Crippen MR) is 69.8 cm³/mol. The Kier molecular flexibility index (Phi) is 3.36. The van der Waals surface area contributed by atoms with Crippen LogP contribution in [0.1, 0.15) is 23.7 Å². The van der Waals surface area contributed by atoms with Crippen molar-refractivity contribution in [3.8, 4) is 11.5 Å². The fraction of sp³-hybridized carbons (Fsp3) is 0.286. The predicted octanol–water partition coefficient (Wildman–Crippen LogP) is 3.18. The first-order chi connectivity index (χ1) is 9.25. The quantitative estimate of drug-likeness (QED) is 0.918. The van der Waals surface area contributed by atoms with Crippen molar-refractivity contribution in [2.24, 2.45) is 0 Å². The average molecular weight is 281 g/mol. The van der Waals surface area contributed by atoms with Gasteiger partial charge in [-0.1, -0.05) is 11.6 Å². The van der Waals surface area contributed by atoms with Crippen LogP contribution in [-0.2, 0) is 0 Å². The highest BCUT2D eigenvalue weighted by Gasteiger charge is 2.20. The van der Waals surface area contributed by atoms with Crippen LogP contribution < -0.4 is 9.47 Å². The molecule has 1 aromatic carbocycles. The Morgan fingerprint density at radius 2 is 1.89 bits per heavy atom. The van der Waals surface area contributed by atoms with E-state index in [0.717, 1.165) is 6.42 Å². The Morgan fingerprint density at radius 1 is 1.16 bits per heavy atom. The van der Waals surface area contributed by atoms with Crippen molar-refractivity contribution >= 4 is 11.6 Å². The summed E-state index contributed by atoms with van der Waals surface area (Å²) >= 11 is 6.20. The first-order valence-corrected chi connectivity index (χ1v) is 6.42. The van der Waals surface area contributed by atoms with Gasteiger partial charge in [0.2, 0.25) is 0 Å². The van der Waals surface area contributed by atoms with E-state index in [1.165, 1.54) is 12.5 Å². The molecule has 0 radical (unpaired) electrons. The first kappa shape index (κ1) is 12.4. The molecule has 19 heavy (non-hydrogen) atoms. The number of rotatable bonds is 2. The fourth-order valence-electron chi connectivity index (χ4n) is 2.02. The summed E-state index contributed by atoms with van der Waals surface area (Å²) in [6.07, 6.45) is 2.98. The number of benzene rings is 1. The summed E-state index contributed by atoms with van der Waals surface area (Å²) in [6.45, 7) is 1.20. The molecule has 0 bridgehead atoms. The lowest BCUT2D eigenvalue weighted by atomic mass is 10.0. The first-order valence-electron chi connectivity index (χ1n) is 6.05. The minimum Gasteiger partial charge on any atom is -0.490 e. The third-order valence-electron chi connectivity index (χ3n) is 3.02. The molecule has 1 aromatic heterocycles. The third kappa shape index (κ3) is 2.41. The van der Waals surface area contributed by atoms with Gasteiger partial charge in [0.05, 0.1) is 30.8 Å². The van der Waals surface area contributed by atoms with Gasteiger partial charge in [-0.15, -0.1) is 0 Å². The number of fused-ring (bicyclic) bond motifs is 1. The topological polar surface area (TPSA) is 51.8 Å². The van der Waals surface area contributed by atoms with Gasteiger partial charge in [-0.05, 0) is 12.1 Å². The molecule has 2 heterocycles. The molecule has 1 aliphatic heterocycles. The molecule has 4 nitrogen and oxygen atoms in total. The molecule has 3 rings (SSSR count). The van der Waals surface area contributed by atoms with E-state index in [0.29, 0.717) is 40.9 Å². The number of aliphatic hydroxyl groups is 1. The van der Waals surface area contributed by atoms with E-state index in [9.17, 15) is 5.11 Å². The van der Waals surface area contributed by atoms with Gasteiger partial charge < -0.3 is 19.0 Å². The lowest BCUT2D eigenvalue weighted by Gasteiger charge is -2.15. The lowest BCUT2D eigenvalue weighted by molar-refractivity contribution is 0.218. The van der Waals surface area contributed by atoms with Gasteiger partial charge in [0.15, 0.2) is 11.5 Å². The molecule has 5 heteroatoms. The SMILES string of the molecule is OC(c1ccoc1)c1cc2c(cc1Cl)OCCCO2. The number of ether oxygens (including phenoxy) is 2. The van der Waals surface area contributed by atoms with Crippen LogP contribution in [0, 0.1) is 0 Å². The van der Waals surface area contributed by atoms with Crippen LogP contribution in [-0.4, -0.2) is 18.3 Å². The molecular formula is C14H13ClO4. The van der Waals surface area contributed by atoms with Crippen LogP contribution in [0.5, 0.6) is 11.5 Å². The second-order valence-corrected chi connectivity index (χ2v) is 4.74. The van der Waals surface area contributed by atoms with Crippen molar-refractivity contribution in [3.63, 3.8) is 0 Å². The van der Waals surface area contributed by atoms with Gasteiger partial charge in [0.1, 0.15) is 6.10 Å². The van der Waals surface area contributed by atoms with Crippen LogP contribution in [0.15, 0.2) is 35.1 Å². The molecule has 0 saturated heterocycles. The third-order valence-corrected chi connectivity index (χ3v) is 3.35. The number of hydrogen-bond donors (Lipinski definition) is 1. The molecule has 1 atom stereocenters. The van der Waals surface area contributed by atoms with E-state index >= 15 is 0 Å². The van der Waals surface area contributed by atoms with Crippen molar-refractivity contribution in [1.82, 2.24) is 0 Å². The summed E-state index contributed by atoms with van der Waals surface area (Å²) < 4.78 is 16.1. The Balaban J connectivity index is 2.00. The van der Waals surface area contributed by atoms with Gasteiger partial charge in [-0.25, -0.2) is 0 Å². The maximum Gasteiger partial charge on any atom is 0.162 e. The van der Waals surface area contributed by atoms with Gasteiger partial charge in [0.25, 0.3) is 0 Å². The summed E-state index contributed by atoms with van der Waals surface area (Å²) in [4.78, 5) is 0. The average Bonchev–Trinajstić information content (AvgIpc) is 2.84. The van der Waals surface area contributed by atoms with Crippen molar-refractivity contribution in [2.75, 3.05) is 13.2 Å². The molecule has 1 N–H and O–H groups in total. The molecule has 0 saturated carbocycles. The Hall–Kier alpha value is -1.65. The van der Waals surface area contributed by atoms with E-state index in [-0.39, 0.29) is 0 Å². The largest absolute Gasteiger partial charge is 0.490 e. The van der Waals surface area contributed by atoms with Crippen molar-refractivity contribution < 1.29 is 19.0 Å². The van der Waals surface area contributed by atoms with Crippen LogP contribution >= 0.6 is 11.6 Å². The van der Waals surface area contributed by atoms with Crippen molar-refractivity contribution in [1.29, 1.82) is 0 Å². The summed E-state index contributed by atoms with van der Waals surface area (Å²) in [7, 11) is 0. The van der Waals surface area contributed by atoms with E-state index in [2.05, 4.69) is 0 Å². The summed E-state index contributed by atoms with van der Waals surface area (Å²) in [6, 6.07) is 5.10. The maximum atomic E-state index is 10.3. The second-order valence-electron chi connectivity index (χ2n) is 4.33. The van der Waals surface area contributed by atoms with Gasteiger partial charge in [-0.2, -0.15) is 0 Å². The van der Waals surface area contributed by atoms with Gasteiger partial charge >= 0.3 is 0 Å². The second kappa shape index (κ2) is 5.15. The minimum absolute atomic E-state index is 0.443.